The SMILES string of the molecule is COC(=O)c1ccccc1OCc1ccc2ccccc2c1. The summed E-state index contributed by atoms with van der Waals surface area (Å²) < 4.78 is 10.6. The van der Waals surface area contributed by atoms with E-state index < -0.39 is 5.97 Å². The number of methoxy groups -OCH3 is 1. The molecule has 3 nitrogen and oxygen atoms in total. The van der Waals surface area contributed by atoms with E-state index >= 15 is 0 Å². The van der Waals surface area contributed by atoms with Crippen LogP contribution in [0.4, 0.5) is 0 Å². The lowest BCUT2D eigenvalue weighted by atomic mass is 10.1. The van der Waals surface area contributed by atoms with Gasteiger partial charge in [-0.05, 0) is 34.5 Å². The Morgan fingerprint density at radius 3 is 2.45 bits per heavy atom. The predicted molar refractivity (Wildman–Crippen MR) is 86.1 cm³/mol. The number of carbonyl (C=O) groups excluding carboxylic acids is 1. The third-order valence-corrected chi connectivity index (χ3v) is 3.50. The average Bonchev–Trinajstić information content (AvgIpc) is 2.59. The van der Waals surface area contributed by atoms with E-state index in [4.69, 9.17) is 9.47 Å². The molecule has 0 aliphatic carbocycles. The summed E-state index contributed by atoms with van der Waals surface area (Å²) in [5.74, 6) is 0.136. The summed E-state index contributed by atoms with van der Waals surface area (Å²) in [7, 11) is 1.36. The molecule has 0 radical (unpaired) electrons. The first-order valence-corrected chi connectivity index (χ1v) is 7.06. The molecule has 0 heterocycles. The summed E-state index contributed by atoms with van der Waals surface area (Å²) in [6.45, 7) is 0.402. The number of ether oxygens (including phenoxy) is 2. The van der Waals surface area contributed by atoms with Gasteiger partial charge in [-0.2, -0.15) is 0 Å². The van der Waals surface area contributed by atoms with Crippen molar-refractivity contribution in [3.05, 3.63) is 77.9 Å². The zero-order valence-electron chi connectivity index (χ0n) is 12.3. The lowest BCUT2D eigenvalue weighted by Gasteiger charge is -2.10. The second-order valence-electron chi connectivity index (χ2n) is 4.96. The van der Waals surface area contributed by atoms with Crippen LogP contribution in [-0.4, -0.2) is 13.1 Å². The van der Waals surface area contributed by atoms with Gasteiger partial charge in [0.15, 0.2) is 0 Å². The fourth-order valence-corrected chi connectivity index (χ4v) is 2.36. The van der Waals surface area contributed by atoms with Crippen molar-refractivity contribution in [3.63, 3.8) is 0 Å². The summed E-state index contributed by atoms with van der Waals surface area (Å²) >= 11 is 0. The van der Waals surface area contributed by atoms with Gasteiger partial charge in [-0.15, -0.1) is 0 Å². The largest absolute Gasteiger partial charge is 0.488 e. The van der Waals surface area contributed by atoms with Crippen LogP contribution < -0.4 is 4.74 Å². The maximum Gasteiger partial charge on any atom is 0.341 e. The molecule has 0 bridgehead atoms. The van der Waals surface area contributed by atoms with Crippen LogP contribution in [0.25, 0.3) is 10.8 Å². The molecule has 0 unspecified atom stereocenters. The molecular formula is C19H16O3. The molecule has 0 aliphatic rings. The Bertz CT molecular complexity index is 808. The van der Waals surface area contributed by atoms with Gasteiger partial charge in [0.1, 0.15) is 17.9 Å². The number of carbonyl (C=O) groups is 1. The summed E-state index contributed by atoms with van der Waals surface area (Å²) in [5.41, 5.74) is 1.49. The highest BCUT2D eigenvalue weighted by molar-refractivity contribution is 5.92. The highest BCUT2D eigenvalue weighted by atomic mass is 16.5. The monoisotopic (exact) mass is 292 g/mol. The van der Waals surface area contributed by atoms with Gasteiger partial charge in [0, 0.05) is 0 Å². The predicted octanol–water partition coefficient (Wildman–Crippen LogP) is 4.21. The first-order valence-electron chi connectivity index (χ1n) is 7.06. The first kappa shape index (κ1) is 14.1. The Hall–Kier alpha value is -2.81. The number of rotatable bonds is 4. The van der Waals surface area contributed by atoms with Crippen molar-refractivity contribution in [2.45, 2.75) is 6.61 Å². The van der Waals surface area contributed by atoms with Crippen LogP contribution in [0.15, 0.2) is 66.7 Å². The Balaban J connectivity index is 1.81. The van der Waals surface area contributed by atoms with Crippen LogP contribution in [0, 0.1) is 0 Å². The zero-order chi connectivity index (χ0) is 15.4. The average molecular weight is 292 g/mol. The maximum atomic E-state index is 11.7. The van der Waals surface area contributed by atoms with Crippen LogP contribution in [0.1, 0.15) is 15.9 Å². The number of hydrogen-bond acceptors (Lipinski definition) is 3. The molecule has 0 spiro atoms. The highest BCUT2D eigenvalue weighted by Gasteiger charge is 2.12. The Labute approximate surface area is 129 Å². The van der Waals surface area contributed by atoms with Crippen molar-refractivity contribution >= 4 is 16.7 Å². The maximum absolute atomic E-state index is 11.7. The summed E-state index contributed by atoms with van der Waals surface area (Å²) in [4.78, 5) is 11.7. The molecule has 3 aromatic carbocycles. The minimum Gasteiger partial charge on any atom is -0.488 e. The molecule has 0 atom stereocenters. The second kappa shape index (κ2) is 6.31. The topological polar surface area (TPSA) is 35.5 Å². The number of para-hydroxylation sites is 1. The Morgan fingerprint density at radius 2 is 1.64 bits per heavy atom. The second-order valence-corrected chi connectivity index (χ2v) is 4.96. The van der Waals surface area contributed by atoms with Gasteiger partial charge in [-0.1, -0.05) is 48.5 Å². The molecule has 3 rings (SSSR count). The number of fused-ring (bicyclic) bond motifs is 1. The molecule has 22 heavy (non-hydrogen) atoms. The van der Waals surface area contributed by atoms with Crippen LogP contribution in [0.3, 0.4) is 0 Å². The van der Waals surface area contributed by atoms with Crippen LogP contribution >= 0.6 is 0 Å². The fraction of sp³-hybridized carbons (Fsp3) is 0.105. The van der Waals surface area contributed by atoms with E-state index in [1.54, 1.807) is 18.2 Å². The fourth-order valence-electron chi connectivity index (χ4n) is 2.36. The van der Waals surface area contributed by atoms with E-state index in [2.05, 4.69) is 24.3 Å². The van der Waals surface area contributed by atoms with Gasteiger partial charge in [-0.25, -0.2) is 4.79 Å². The van der Waals surface area contributed by atoms with Gasteiger partial charge in [0.05, 0.1) is 7.11 Å². The molecule has 3 aromatic rings. The quantitative estimate of drug-likeness (QED) is 0.676. The number of hydrogen-bond donors (Lipinski definition) is 0. The molecule has 0 amide bonds. The smallest absolute Gasteiger partial charge is 0.341 e. The molecular weight excluding hydrogens is 276 g/mol. The lowest BCUT2D eigenvalue weighted by molar-refractivity contribution is 0.0595. The highest BCUT2D eigenvalue weighted by Crippen LogP contribution is 2.21. The van der Waals surface area contributed by atoms with Crippen LogP contribution in [0.5, 0.6) is 5.75 Å². The molecule has 3 heteroatoms. The van der Waals surface area contributed by atoms with Crippen molar-refractivity contribution in [1.82, 2.24) is 0 Å². The summed E-state index contributed by atoms with van der Waals surface area (Å²) in [6.07, 6.45) is 0. The van der Waals surface area contributed by atoms with Crippen molar-refractivity contribution in [2.75, 3.05) is 7.11 Å². The summed E-state index contributed by atoms with van der Waals surface area (Å²) in [5, 5.41) is 2.37. The lowest BCUT2D eigenvalue weighted by Crippen LogP contribution is -2.05. The van der Waals surface area contributed by atoms with E-state index in [0.29, 0.717) is 17.9 Å². The number of esters is 1. The first-order chi connectivity index (χ1) is 10.8. The molecule has 0 fully saturated rings. The minimum atomic E-state index is -0.394. The van der Waals surface area contributed by atoms with Gasteiger partial charge < -0.3 is 9.47 Å². The van der Waals surface area contributed by atoms with Crippen molar-refractivity contribution in [2.24, 2.45) is 0 Å². The van der Waals surface area contributed by atoms with E-state index in [9.17, 15) is 4.79 Å². The van der Waals surface area contributed by atoms with Gasteiger partial charge in [0.2, 0.25) is 0 Å². The van der Waals surface area contributed by atoms with Crippen LogP contribution in [-0.2, 0) is 11.3 Å². The number of benzene rings is 3. The van der Waals surface area contributed by atoms with Crippen LogP contribution in [0.2, 0.25) is 0 Å². The third-order valence-electron chi connectivity index (χ3n) is 3.50. The molecule has 0 aliphatic heterocycles. The van der Waals surface area contributed by atoms with Crippen molar-refractivity contribution in [1.29, 1.82) is 0 Å². The Kier molecular flexibility index (Phi) is 4.05. The standard InChI is InChI=1S/C19H16O3/c1-21-19(20)17-8-4-5-9-18(17)22-13-14-10-11-15-6-2-3-7-16(15)12-14/h2-12H,13H2,1H3. The van der Waals surface area contributed by atoms with Gasteiger partial charge >= 0.3 is 5.97 Å². The van der Waals surface area contributed by atoms with Gasteiger partial charge in [0.25, 0.3) is 0 Å². The normalized spacial score (nSPS) is 10.4. The zero-order valence-corrected chi connectivity index (χ0v) is 12.3. The third kappa shape index (κ3) is 2.93. The Morgan fingerprint density at radius 1 is 0.909 bits per heavy atom. The minimum absolute atomic E-state index is 0.394. The van der Waals surface area contributed by atoms with Gasteiger partial charge in [-0.3, -0.25) is 0 Å². The van der Waals surface area contributed by atoms with E-state index in [0.717, 1.165) is 5.56 Å². The molecule has 0 saturated carbocycles. The molecule has 0 N–H and O–H groups in total. The molecule has 0 saturated heterocycles. The molecule has 0 aromatic heterocycles. The molecule has 110 valence electrons. The van der Waals surface area contributed by atoms with E-state index in [1.807, 2.05) is 24.3 Å². The van der Waals surface area contributed by atoms with Crippen molar-refractivity contribution in [3.8, 4) is 5.75 Å². The van der Waals surface area contributed by atoms with E-state index in [-0.39, 0.29) is 0 Å². The van der Waals surface area contributed by atoms with E-state index in [1.165, 1.54) is 17.9 Å². The summed E-state index contributed by atoms with van der Waals surface area (Å²) in [6, 6.07) is 21.5. The van der Waals surface area contributed by atoms with Crippen molar-refractivity contribution < 1.29 is 14.3 Å².